The minimum atomic E-state index is -1.24. The smallest absolute Gasteiger partial charge is 0.245 e. The molecular weight excluding hydrogens is 644 g/mol. The first-order valence-electron chi connectivity index (χ1n) is 17.8. The van der Waals surface area contributed by atoms with Crippen LogP contribution in [0, 0.1) is 11.8 Å². The van der Waals surface area contributed by atoms with Crippen molar-refractivity contribution in [2.24, 2.45) is 23.3 Å². The van der Waals surface area contributed by atoms with Gasteiger partial charge in [0.2, 0.25) is 29.5 Å². The van der Waals surface area contributed by atoms with Crippen molar-refractivity contribution >= 4 is 29.5 Å². The molecule has 0 bridgehead atoms. The summed E-state index contributed by atoms with van der Waals surface area (Å²) in [5, 5.41) is 2.72. The van der Waals surface area contributed by atoms with Gasteiger partial charge in [0.1, 0.15) is 5.54 Å². The molecule has 0 aromatic rings. The summed E-state index contributed by atoms with van der Waals surface area (Å²) in [5.74, 6) is -2.35. The second kappa shape index (κ2) is 19.1. The van der Waals surface area contributed by atoms with Crippen LogP contribution < -0.4 is 16.8 Å². The summed E-state index contributed by atoms with van der Waals surface area (Å²) in [7, 11) is 6.25. The molecule has 0 aromatic heterocycles. The van der Waals surface area contributed by atoms with E-state index in [1.54, 1.807) is 39.8 Å². The summed E-state index contributed by atoms with van der Waals surface area (Å²) in [6, 6.07) is -0.782. The molecule has 1 heterocycles. The zero-order valence-corrected chi connectivity index (χ0v) is 33.1. The van der Waals surface area contributed by atoms with Gasteiger partial charge in [0.25, 0.3) is 0 Å². The Bertz CT molecular complexity index is 1160. The van der Waals surface area contributed by atoms with Gasteiger partial charge in [-0.1, -0.05) is 27.2 Å². The Morgan fingerprint density at radius 2 is 1.58 bits per heavy atom. The predicted octanol–water partition coefficient (Wildman–Crippen LogP) is 2.06. The van der Waals surface area contributed by atoms with E-state index in [2.05, 4.69) is 5.32 Å². The third-order valence-electron chi connectivity index (χ3n) is 10.3. The molecule has 14 nitrogen and oxygen atoms in total. The van der Waals surface area contributed by atoms with Crippen LogP contribution in [0.25, 0.3) is 0 Å². The summed E-state index contributed by atoms with van der Waals surface area (Å²) in [6.07, 6.45) is 1.60. The minimum Gasteiger partial charge on any atom is -0.379 e. The van der Waals surface area contributed by atoms with Gasteiger partial charge in [0.05, 0.1) is 55.4 Å². The van der Waals surface area contributed by atoms with Gasteiger partial charge in [0.15, 0.2) is 0 Å². The Morgan fingerprint density at radius 3 is 2.08 bits per heavy atom. The topological polar surface area (TPSA) is 187 Å². The maximum Gasteiger partial charge on any atom is 0.245 e. The van der Waals surface area contributed by atoms with Crippen molar-refractivity contribution in [3.63, 3.8) is 0 Å². The molecule has 0 aromatic carbocycles. The molecule has 14 heteroatoms. The van der Waals surface area contributed by atoms with Crippen LogP contribution in [0.4, 0.5) is 0 Å². The van der Waals surface area contributed by atoms with E-state index in [0.717, 1.165) is 6.42 Å². The number of carbonyl (C=O) groups excluding carboxylic acids is 5. The molecule has 50 heavy (non-hydrogen) atoms. The number of nitrogens with one attached hydrogen (secondary N) is 1. The SMILES string of the molecule is CCC(C)C(C(CC(=O)N1CCCC1C(OC)C(C)C(N)=O)OC)N(C)C(=O)CNC(=O)C(C)(C)N(C)C(=O)CCC(C)(C)OCC(C)(C)N. The summed E-state index contributed by atoms with van der Waals surface area (Å²) in [4.78, 5) is 70.4. The third-order valence-corrected chi connectivity index (χ3v) is 10.3. The molecule has 0 spiro atoms. The molecule has 5 amide bonds. The highest BCUT2D eigenvalue weighted by Crippen LogP contribution is 2.29. The molecule has 0 saturated carbocycles. The number of nitrogens with zero attached hydrogens (tertiary/aromatic N) is 3. The zero-order chi connectivity index (χ0) is 38.8. The molecule has 1 saturated heterocycles. The van der Waals surface area contributed by atoms with Crippen LogP contribution in [0.5, 0.6) is 0 Å². The van der Waals surface area contributed by atoms with Gasteiger partial charge >= 0.3 is 0 Å². The number of likely N-dealkylation sites (N-methyl/N-ethyl adjacent to an activating group) is 2. The van der Waals surface area contributed by atoms with Gasteiger partial charge in [-0.15, -0.1) is 0 Å². The number of rotatable bonds is 21. The number of hydrogen-bond donors (Lipinski definition) is 3. The molecule has 1 aliphatic heterocycles. The second-order valence-corrected chi connectivity index (χ2v) is 15.8. The van der Waals surface area contributed by atoms with Crippen LogP contribution in [0.1, 0.15) is 101 Å². The van der Waals surface area contributed by atoms with Crippen molar-refractivity contribution in [3.05, 3.63) is 0 Å². The molecular formula is C36H68N6O8. The van der Waals surface area contributed by atoms with Gasteiger partial charge in [-0.25, -0.2) is 0 Å². The lowest BCUT2D eigenvalue weighted by Crippen LogP contribution is -2.58. The first-order chi connectivity index (χ1) is 22.9. The normalized spacial score (nSPS) is 18.5. The molecule has 0 aliphatic carbocycles. The van der Waals surface area contributed by atoms with E-state index < -0.39 is 52.7 Å². The number of hydrogen-bond acceptors (Lipinski definition) is 9. The Hall–Kier alpha value is -2.81. The fourth-order valence-electron chi connectivity index (χ4n) is 6.33. The number of likely N-dealkylation sites (tertiary alicyclic amines) is 1. The predicted molar refractivity (Wildman–Crippen MR) is 193 cm³/mol. The fraction of sp³-hybridized carbons (Fsp3) is 0.861. The van der Waals surface area contributed by atoms with Crippen LogP contribution in [0.2, 0.25) is 0 Å². The number of methoxy groups -OCH3 is 2. The highest BCUT2D eigenvalue weighted by atomic mass is 16.5. The lowest BCUT2D eigenvalue weighted by Gasteiger charge is -2.39. The standard InChI is InChI=1S/C36H68N6O8/c1-14-23(2)30(26(48-12)20-28(44)42-19-15-16-25(42)31(49-13)24(3)32(37)46)40(10)29(45)21-39-33(47)36(8,9)41(11)27(43)17-18-35(6,7)50-22-34(4,5)38/h23-26,30-31H,14-22,38H2,1-13H3,(H2,37,46)(H,39,47). The number of carbonyl (C=O) groups is 5. The van der Waals surface area contributed by atoms with Crippen molar-refractivity contribution in [1.82, 2.24) is 20.0 Å². The van der Waals surface area contributed by atoms with Gasteiger partial charge in [-0.3, -0.25) is 24.0 Å². The minimum absolute atomic E-state index is 0.0130. The van der Waals surface area contributed by atoms with E-state index in [0.29, 0.717) is 32.4 Å². The lowest BCUT2D eigenvalue weighted by atomic mass is 9.90. The Morgan fingerprint density at radius 1 is 0.980 bits per heavy atom. The summed E-state index contributed by atoms with van der Waals surface area (Å²) >= 11 is 0. The van der Waals surface area contributed by atoms with E-state index in [-0.39, 0.29) is 49.1 Å². The summed E-state index contributed by atoms with van der Waals surface area (Å²) in [6.45, 7) is 17.0. The van der Waals surface area contributed by atoms with Crippen molar-refractivity contribution in [1.29, 1.82) is 0 Å². The number of nitrogens with two attached hydrogens (primary N) is 2. The van der Waals surface area contributed by atoms with Crippen molar-refractivity contribution in [3.8, 4) is 0 Å². The lowest BCUT2D eigenvalue weighted by molar-refractivity contribution is -0.147. The number of ether oxygens (including phenoxy) is 3. The van der Waals surface area contributed by atoms with E-state index in [1.807, 2.05) is 41.5 Å². The monoisotopic (exact) mass is 713 g/mol. The van der Waals surface area contributed by atoms with E-state index in [4.69, 9.17) is 25.7 Å². The average Bonchev–Trinajstić information content (AvgIpc) is 3.53. The summed E-state index contributed by atoms with van der Waals surface area (Å²) < 4.78 is 17.4. The first-order valence-corrected chi connectivity index (χ1v) is 17.8. The molecule has 5 N–H and O–H groups in total. The zero-order valence-electron chi connectivity index (χ0n) is 33.1. The van der Waals surface area contributed by atoms with Crippen LogP contribution in [-0.2, 0) is 38.2 Å². The molecule has 1 rings (SSSR count). The largest absolute Gasteiger partial charge is 0.379 e. The second-order valence-electron chi connectivity index (χ2n) is 15.8. The first kappa shape index (κ1) is 45.2. The average molecular weight is 713 g/mol. The summed E-state index contributed by atoms with van der Waals surface area (Å²) in [5.41, 5.74) is 9.27. The molecule has 6 atom stereocenters. The molecule has 1 aliphatic rings. The number of amides is 5. The quantitative estimate of drug-likeness (QED) is 0.160. The van der Waals surface area contributed by atoms with Crippen molar-refractivity contribution in [2.45, 2.75) is 142 Å². The third kappa shape index (κ3) is 12.8. The molecule has 6 unspecified atom stereocenters. The maximum absolute atomic E-state index is 13.7. The highest BCUT2D eigenvalue weighted by Gasteiger charge is 2.42. The van der Waals surface area contributed by atoms with Gasteiger partial charge in [0, 0.05) is 46.8 Å². The van der Waals surface area contributed by atoms with Gasteiger partial charge in [-0.05, 0) is 66.7 Å². The van der Waals surface area contributed by atoms with E-state index in [9.17, 15) is 24.0 Å². The van der Waals surface area contributed by atoms with Crippen molar-refractivity contribution in [2.75, 3.05) is 48.0 Å². The number of primary amides is 1. The molecule has 0 radical (unpaired) electrons. The maximum atomic E-state index is 13.7. The molecule has 290 valence electrons. The Balaban J connectivity index is 2.97. The van der Waals surface area contributed by atoms with Crippen LogP contribution in [-0.4, -0.2) is 133 Å². The highest BCUT2D eigenvalue weighted by molar-refractivity contribution is 5.93. The Labute approximate surface area is 300 Å². The van der Waals surface area contributed by atoms with Crippen LogP contribution in [0.15, 0.2) is 0 Å². The van der Waals surface area contributed by atoms with Crippen LogP contribution in [0.3, 0.4) is 0 Å². The van der Waals surface area contributed by atoms with Crippen molar-refractivity contribution < 1.29 is 38.2 Å². The van der Waals surface area contributed by atoms with E-state index in [1.165, 1.54) is 24.0 Å². The Kier molecular flexibility index (Phi) is 17.3. The molecule has 1 fully saturated rings. The fourth-order valence-corrected chi connectivity index (χ4v) is 6.33. The van der Waals surface area contributed by atoms with E-state index >= 15 is 0 Å². The van der Waals surface area contributed by atoms with Gasteiger partial charge < -0.3 is 45.7 Å². The van der Waals surface area contributed by atoms with Gasteiger partial charge in [-0.2, -0.15) is 0 Å². The van der Waals surface area contributed by atoms with Crippen LogP contribution >= 0.6 is 0 Å².